The normalized spacial score (nSPS) is 17.1. The van der Waals surface area contributed by atoms with Crippen LogP contribution >= 0.6 is 0 Å². The minimum atomic E-state index is -0.130. The summed E-state index contributed by atoms with van der Waals surface area (Å²) in [5, 5.41) is 7.56. The van der Waals surface area contributed by atoms with Gasteiger partial charge in [-0.3, -0.25) is 4.79 Å². The van der Waals surface area contributed by atoms with Gasteiger partial charge in [0.05, 0.1) is 19.4 Å². The zero-order valence-electron chi connectivity index (χ0n) is 18.6. The van der Waals surface area contributed by atoms with E-state index < -0.39 is 0 Å². The van der Waals surface area contributed by atoms with Crippen LogP contribution < -0.4 is 15.6 Å². The van der Waals surface area contributed by atoms with E-state index in [4.69, 9.17) is 9.15 Å². The van der Waals surface area contributed by atoms with Crippen molar-refractivity contribution < 1.29 is 13.9 Å². The predicted octanol–water partition coefficient (Wildman–Crippen LogP) is 1.86. The third-order valence-electron chi connectivity index (χ3n) is 5.70. The van der Waals surface area contributed by atoms with Crippen LogP contribution in [0.3, 0.4) is 0 Å². The molecule has 1 aromatic carbocycles. The first-order valence-electron chi connectivity index (χ1n) is 11.2. The lowest BCUT2D eigenvalue weighted by atomic mass is 10.2. The van der Waals surface area contributed by atoms with Crippen molar-refractivity contribution in [1.29, 1.82) is 0 Å². The highest BCUT2D eigenvalue weighted by molar-refractivity contribution is 5.97. The van der Waals surface area contributed by atoms with E-state index in [1.54, 1.807) is 17.2 Å². The standard InChI is InChI=1S/C23H27N7O3/c1-16-3-2-4-17(13-16)15-25-28-23-26-18-14-19(22(31)30-7-5-24-6-8-30)33-20(18)21(27-23)29-9-11-32-12-10-29/h2-4,13-15,24H,5-12H2,1H3,(H,26,27,28)/b25-15+. The van der Waals surface area contributed by atoms with E-state index in [2.05, 4.69) is 30.7 Å². The Morgan fingerprint density at radius 1 is 1.15 bits per heavy atom. The van der Waals surface area contributed by atoms with Crippen molar-refractivity contribution in [2.45, 2.75) is 6.92 Å². The maximum atomic E-state index is 13.0. The van der Waals surface area contributed by atoms with Crippen LogP contribution in [0.1, 0.15) is 21.7 Å². The fraction of sp³-hybridized carbons (Fsp3) is 0.391. The molecule has 0 atom stereocenters. The molecule has 4 heterocycles. The Morgan fingerprint density at radius 2 is 1.97 bits per heavy atom. The fourth-order valence-corrected chi connectivity index (χ4v) is 4.00. The molecule has 2 aliphatic heterocycles. The number of aryl methyl sites for hydroxylation is 1. The molecule has 0 saturated carbocycles. The molecule has 172 valence electrons. The van der Waals surface area contributed by atoms with Crippen molar-refractivity contribution in [3.8, 4) is 0 Å². The minimum Gasteiger partial charge on any atom is -0.445 e. The molecule has 5 rings (SSSR count). The number of anilines is 2. The van der Waals surface area contributed by atoms with Crippen LogP contribution in [0.4, 0.5) is 11.8 Å². The number of carbonyl (C=O) groups is 1. The molecule has 2 fully saturated rings. The van der Waals surface area contributed by atoms with Crippen LogP contribution in [0.15, 0.2) is 39.9 Å². The number of aromatic nitrogens is 2. The number of amides is 1. The SMILES string of the molecule is Cc1cccc(/C=N/Nc2nc(N3CCOCC3)c3oc(C(=O)N4CCNCC4)cc3n2)c1. The summed E-state index contributed by atoms with van der Waals surface area (Å²) in [7, 11) is 0. The van der Waals surface area contributed by atoms with Crippen molar-refractivity contribution in [3.05, 3.63) is 47.2 Å². The van der Waals surface area contributed by atoms with Crippen LogP contribution in [-0.2, 0) is 4.74 Å². The second-order valence-corrected chi connectivity index (χ2v) is 8.12. The second kappa shape index (κ2) is 9.55. The average Bonchev–Trinajstić information content (AvgIpc) is 3.28. The number of nitrogens with zero attached hydrogens (tertiary/aromatic N) is 5. The molecule has 33 heavy (non-hydrogen) atoms. The number of nitrogens with one attached hydrogen (secondary N) is 2. The smallest absolute Gasteiger partial charge is 0.289 e. The summed E-state index contributed by atoms with van der Waals surface area (Å²) < 4.78 is 11.5. The Balaban J connectivity index is 1.45. The monoisotopic (exact) mass is 449 g/mol. The molecule has 0 bridgehead atoms. The van der Waals surface area contributed by atoms with Gasteiger partial charge in [-0.05, 0) is 12.5 Å². The molecule has 0 unspecified atom stereocenters. The van der Waals surface area contributed by atoms with Gasteiger partial charge in [-0.1, -0.05) is 29.8 Å². The lowest BCUT2D eigenvalue weighted by Crippen LogP contribution is -2.46. The van der Waals surface area contributed by atoms with E-state index in [0.717, 1.165) is 24.2 Å². The molecule has 2 N–H and O–H groups in total. The first-order chi connectivity index (χ1) is 16.2. The van der Waals surface area contributed by atoms with Crippen LogP contribution in [-0.4, -0.2) is 79.5 Å². The van der Waals surface area contributed by atoms with Crippen molar-refractivity contribution in [2.24, 2.45) is 5.10 Å². The number of furan rings is 1. The van der Waals surface area contributed by atoms with Crippen molar-refractivity contribution in [1.82, 2.24) is 20.2 Å². The molecule has 10 heteroatoms. The van der Waals surface area contributed by atoms with Gasteiger partial charge >= 0.3 is 0 Å². The Hall–Kier alpha value is -3.50. The number of rotatable bonds is 5. The third kappa shape index (κ3) is 4.81. The number of benzene rings is 1. The number of fused-ring (bicyclic) bond motifs is 1. The topological polar surface area (TPSA) is 108 Å². The highest BCUT2D eigenvalue weighted by atomic mass is 16.5. The molecule has 2 aromatic heterocycles. The summed E-state index contributed by atoms with van der Waals surface area (Å²) in [5.74, 6) is 1.12. The average molecular weight is 450 g/mol. The van der Waals surface area contributed by atoms with E-state index in [1.807, 2.05) is 31.2 Å². The zero-order chi connectivity index (χ0) is 22.6. The predicted molar refractivity (Wildman–Crippen MR) is 126 cm³/mol. The highest BCUT2D eigenvalue weighted by Gasteiger charge is 2.25. The van der Waals surface area contributed by atoms with E-state index in [-0.39, 0.29) is 11.7 Å². The summed E-state index contributed by atoms with van der Waals surface area (Å²) in [6.07, 6.45) is 1.73. The summed E-state index contributed by atoms with van der Waals surface area (Å²) in [5.41, 5.74) is 6.14. The van der Waals surface area contributed by atoms with Crippen LogP contribution in [0.5, 0.6) is 0 Å². The molecular weight excluding hydrogens is 422 g/mol. The van der Waals surface area contributed by atoms with Gasteiger partial charge in [0, 0.05) is 45.3 Å². The van der Waals surface area contributed by atoms with Gasteiger partial charge in [-0.15, -0.1) is 0 Å². The molecule has 3 aromatic rings. The maximum absolute atomic E-state index is 13.0. The molecule has 0 aliphatic carbocycles. The van der Waals surface area contributed by atoms with E-state index in [0.29, 0.717) is 62.3 Å². The Kier molecular flexibility index (Phi) is 6.18. The maximum Gasteiger partial charge on any atom is 0.289 e. The first-order valence-corrected chi connectivity index (χ1v) is 11.2. The largest absolute Gasteiger partial charge is 0.445 e. The van der Waals surface area contributed by atoms with Gasteiger partial charge in [0.15, 0.2) is 17.2 Å². The van der Waals surface area contributed by atoms with Gasteiger partial charge < -0.3 is 24.3 Å². The molecule has 0 radical (unpaired) electrons. The molecule has 1 amide bonds. The number of hydrazone groups is 1. The van der Waals surface area contributed by atoms with Crippen LogP contribution in [0.2, 0.25) is 0 Å². The number of morpholine rings is 1. The summed E-state index contributed by atoms with van der Waals surface area (Å²) >= 11 is 0. The van der Waals surface area contributed by atoms with Gasteiger partial charge in [0.25, 0.3) is 5.91 Å². The van der Waals surface area contributed by atoms with Crippen molar-refractivity contribution in [2.75, 3.05) is 62.8 Å². The molecule has 2 saturated heterocycles. The van der Waals surface area contributed by atoms with Gasteiger partial charge in [-0.2, -0.15) is 10.1 Å². The van der Waals surface area contributed by atoms with Crippen molar-refractivity contribution >= 4 is 35.0 Å². The van der Waals surface area contributed by atoms with Gasteiger partial charge in [0.1, 0.15) is 5.52 Å². The minimum absolute atomic E-state index is 0.130. The second-order valence-electron chi connectivity index (χ2n) is 8.12. The van der Waals surface area contributed by atoms with Crippen LogP contribution in [0, 0.1) is 6.92 Å². The zero-order valence-corrected chi connectivity index (χ0v) is 18.6. The van der Waals surface area contributed by atoms with Gasteiger partial charge in [-0.25, -0.2) is 10.4 Å². The molecule has 0 spiro atoms. The summed E-state index contributed by atoms with van der Waals surface area (Å²) in [6.45, 7) is 7.46. The fourth-order valence-electron chi connectivity index (χ4n) is 4.00. The quantitative estimate of drug-likeness (QED) is 0.449. The Bertz CT molecular complexity index is 1160. The lowest BCUT2D eigenvalue weighted by Gasteiger charge is -2.27. The third-order valence-corrected chi connectivity index (χ3v) is 5.70. The number of hydrogen-bond acceptors (Lipinski definition) is 9. The molecule has 2 aliphatic rings. The molecule has 10 nitrogen and oxygen atoms in total. The highest BCUT2D eigenvalue weighted by Crippen LogP contribution is 2.29. The van der Waals surface area contributed by atoms with Gasteiger partial charge in [0.2, 0.25) is 5.95 Å². The summed E-state index contributed by atoms with van der Waals surface area (Å²) in [6, 6.07) is 9.73. The Labute approximate surface area is 191 Å². The van der Waals surface area contributed by atoms with E-state index in [1.165, 1.54) is 0 Å². The van der Waals surface area contributed by atoms with E-state index >= 15 is 0 Å². The summed E-state index contributed by atoms with van der Waals surface area (Å²) in [4.78, 5) is 26.1. The van der Waals surface area contributed by atoms with E-state index in [9.17, 15) is 4.79 Å². The Morgan fingerprint density at radius 3 is 2.76 bits per heavy atom. The lowest BCUT2D eigenvalue weighted by molar-refractivity contribution is 0.0706. The number of ether oxygens (including phenoxy) is 1. The molecular formula is C23H27N7O3. The number of piperazine rings is 1. The number of hydrogen-bond donors (Lipinski definition) is 2. The van der Waals surface area contributed by atoms with Crippen LogP contribution in [0.25, 0.3) is 11.1 Å². The first kappa shape index (κ1) is 21.4. The number of carbonyl (C=O) groups excluding carboxylic acids is 1. The van der Waals surface area contributed by atoms with Crippen molar-refractivity contribution in [3.63, 3.8) is 0 Å².